The van der Waals surface area contributed by atoms with E-state index in [1.807, 2.05) is 0 Å². The van der Waals surface area contributed by atoms with E-state index in [2.05, 4.69) is 20.1 Å². The molecule has 1 N–H and O–H groups in total. The first kappa shape index (κ1) is 21.8. The lowest BCUT2D eigenvalue weighted by molar-refractivity contribution is -0.126. The summed E-state index contributed by atoms with van der Waals surface area (Å²) in [6, 6.07) is 2.36. The molecular formula is C20H25F2N5O3S. The van der Waals surface area contributed by atoms with Gasteiger partial charge in [-0.1, -0.05) is 6.42 Å². The van der Waals surface area contributed by atoms with Crippen LogP contribution in [-0.4, -0.2) is 46.5 Å². The van der Waals surface area contributed by atoms with E-state index in [-0.39, 0.29) is 31.5 Å². The number of rotatable bonds is 5. The van der Waals surface area contributed by atoms with Gasteiger partial charge in [-0.25, -0.2) is 17.2 Å². The second-order valence-electron chi connectivity index (χ2n) is 7.97. The van der Waals surface area contributed by atoms with Crippen LogP contribution in [0.1, 0.15) is 43.8 Å². The van der Waals surface area contributed by atoms with Gasteiger partial charge >= 0.3 is 0 Å². The van der Waals surface area contributed by atoms with Crippen LogP contribution in [0.15, 0.2) is 23.1 Å². The number of benzene rings is 1. The molecule has 4 rings (SSSR count). The molecule has 1 saturated heterocycles. The number of carbonyl (C=O) groups is 1. The monoisotopic (exact) mass is 453 g/mol. The number of hydrogen-bond acceptors (Lipinski definition) is 5. The molecule has 11 heteroatoms. The number of fused-ring (bicyclic) bond motifs is 1. The van der Waals surface area contributed by atoms with E-state index in [0.717, 1.165) is 60.3 Å². The molecule has 1 aromatic carbocycles. The van der Waals surface area contributed by atoms with Gasteiger partial charge in [-0.2, -0.15) is 4.31 Å². The Bertz CT molecular complexity index is 1060. The predicted octanol–water partition coefficient (Wildman–Crippen LogP) is 2.00. The van der Waals surface area contributed by atoms with Gasteiger partial charge in [-0.15, -0.1) is 10.2 Å². The van der Waals surface area contributed by atoms with Gasteiger partial charge < -0.3 is 9.88 Å². The van der Waals surface area contributed by atoms with Crippen LogP contribution in [0.2, 0.25) is 0 Å². The third-order valence-electron chi connectivity index (χ3n) is 5.94. The number of hydrogen-bond donors (Lipinski definition) is 1. The summed E-state index contributed by atoms with van der Waals surface area (Å²) in [5.41, 5.74) is 0. The van der Waals surface area contributed by atoms with E-state index in [1.165, 1.54) is 0 Å². The second-order valence-corrected chi connectivity index (χ2v) is 9.87. The topological polar surface area (TPSA) is 97.2 Å². The lowest BCUT2D eigenvalue weighted by Crippen LogP contribution is -2.43. The number of aromatic nitrogens is 3. The van der Waals surface area contributed by atoms with Gasteiger partial charge in [-0.05, 0) is 43.9 Å². The third-order valence-corrected chi connectivity index (χ3v) is 7.86. The first-order valence-electron chi connectivity index (χ1n) is 10.5. The number of nitrogens with zero attached hydrogens (tertiary/aromatic N) is 4. The van der Waals surface area contributed by atoms with Crippen LogP contribution in [0.25, 0.3) is 0 Å². The molecule has 0 atom stereocenters. The molecule has 0 spiro atoms. The summed E-state index contributed by atoms with van der Waals surface area (Å²) < 4.78 is 55.9. The second kappa shape index (κ2) is 8.99. The number of carbonyl (C=O) groups excluding carboxylic acids is 1. The van der Waals surface area contributed by atoms with Gasteiger partial charge in [0.25, 0.3) is 0 Å². The fourth-order valence-electron chi connectivity index (χ4n) is 4.16. The highest BCUT2D eigenvalue weighted by molar-refractivity contribution is 7.89. The van der Waals surface area contributed by atoms with Gasteiger partial charge in [0.15, 0.2) is 5.82 Å². The molecule has 2 aliphatic rings. The maximum absolute atomic E-state index is 14.0. The van der Waals surface area contributed by atoms with Crippen molar-refractivity contribution in [1.82, 2.24) is 24.4 Å². The Morgan fingerprint density at radius 3 is 2.65 bits per heavy atom. The molecule has 2 aromatic rings. The first-order chi connectivity index (χ1) is 14.9. The number of nitrogens with one attached hydrogen (secondary N) is 1. The van der Waals surface area contributed by atoms with Crippen molar-refractivity contribution in [2.24, 2.45) is 5.92 Å². The SMILES string of the molecule is O=C(NCc1nnc2n1CCCCC2)C1CCN(S(=O)(=O)c2cc(F)ccc2F)CC1. The number of aryl methyl sites for hydroxylation is 1. The van der Waals surface area contributed by atoms with Crippen molar-refractivity contribution in [1.29, 1.82) is 0 Å². The molecule has 0 saturated carbocycles. The van der Waals surface area contributed by atoms with Crippen LogP contribution in [0, 0.1) is 17.6 Å². The molecule has 0 radical (unpaired) electrons. The quantitative estimate of drug-likeness (QED) is 0.747. The van der Waals surface area contributed by atoms with Gasteiger partial charge in [-0.3, -0.25) is 4.79 Å². The highest BCUT2D eigenvalue weighted by Crippen LogP contribution is 2.26. The van der Waals surface area contributed by atoms with Crippen molar-refractivity contribution in [3.63, 3.8) is 0 Å². The lowest BCUT2D eigenvalue weighted by atomic mass is 9.97. The molecule has 8 nitrogen and oxygen atoms in total. The maximum atomic E-state index is 14.0. The van der Waals surface area contributed by atoms with Crippen molar-refractivity contribution in [3.05, 3.63) is 41.5 Å². The Morgan fingerprint density at radius 2 is 1.87 bits per heavy atom. The first-order valence-corrected chi connectivity index (χ1v) is 11.9. The van der Waals surface area contributed by atoms with E-state index >= 15 is 0 Å². The zero-order chi connectivity index (χ0) is 22.0. The Hall–Kier alpha value is -2.40. The van der Waals surface area contributed by atoms with Crippen LogP contribution < -0.4 is 5.32 Å². The average Bonchev–Trinajstić information content (AvgIpc) is 2.99. The minimum absolute atomic E-state index is 0.0662. The van der Waals surface area contributed by atoms with Gasteiger partial charge in [0, 0.05) is 32.0 Å². The molecule has 31 heavy (non-hydrogen) atoms. The molecule has 2 aliphatic heterocycles. The number of halogens is 2. The molecule has 3 heterocycles. The van der Waals surface area contributed by atoms with E-state index in [9.17, 15) is 22.0 Å². The van der Waals surface area contributed by atoms with E-state index < -0.39 is 26.6 Å². The highest BCUT2D eigenvalue weighted by Gasteiger charge is 2.34. The van der Waals surface area contributed by atoms with E-state index in [0.29, 0.717) is 18.9 Å². The maximum Gasteiger partial charge on any atom is 0.246 e. The molecule has 1 amide bonds. The summed E-state index contributed by atoms with van der Waals surface area (Å²) in [6.07, 6.45) is 4.80. The van der Waals surface area contributed by atoms with Crippen LogP contribution in [0.3, 0.4) is 0 Å². The molecular weight excluding hydrogens is 428 g/mol. The summed E-state index contributed by atoms with van der Waals surface area (Å²) >= 11 is 0. The summed E-state index contributed by atoms with van der Waals surface area (Å²) in [6.45, 7) is 1.26. The smallest absolute Gasteiger partial charge is 0.246 e. The lowest BCUT2D eigenvalue weighted by Gasteiger charge is -2.30. The van der Waals surface area contributed by atoms with E-state index in [1.54, 1.807) is 0 Å². The summed E-state index contributed by atoms with van der Waals surface area (Å²) in [5, 5.41) is 11.3. The molecule has 168 valence electrons. The highest BCUT2D eigenvalue weighted by atomic mass is 32.2. The standard InChI is InChI=1S/C20H25F2N5O3S/c21-15-5-6-16(22)17(12-15)31(29,30)26-10-7-14(8-11-26)20(28)23-13-19-25-24-18-4-2-1-3-9-27(18)19/h5-6,12,14H,1-4,7-11,13H2,(H,23,28). The summed E-state index contributed by atoms with van der Waals surface area (Å²) in [5.74, 6) is -0.652. The van der Waals surface area contributed by atoms with Crippen molar-refractivity contribution in [3.8, 4) is 0 Å². The zero-order valence-electron chi connectivity index (χ0n) is 17.1. The largest absolute Gasteiger partial charge is 0.349 e. The van der Waals surface area contributed by atoms with Crippen LogP contribution >= 0.6 is 0 Å². The van der Waals surface area contributed by atoms with Gasteiger partial charge in [0.2, 0.25) is 15.9 Å². The van der Waals surface area contributed by atoms with Crippen molar-refractivity contribution in [2.75, 3.05) is 13.1 Å². The summed E-state index contributed by atoms with van der Waals surface area (Å²) in [7, 11) is -4.16. The molecule has 1 aromatic heterocycles. The fraction of sp³-hybridized carbons (Fsp3) is 0.550. The normalized spacial score (nSPS) is 18.4. The van der Waals surface area contributed by atoms with E-state index in [4.69, 9.17) is 0 Å². The fourth-order valence-corrected chi connectivity index (χ4v) is 5.70. The predicted molar refractivity (Wildman–Crippen MR) is 107 cm³/mol. The van der Waals surface area contributed by atoms with Crippen molar-refractivity contribution in [2.45, 2.75) is 56.5 Å². The van der Waals surface area contributed by atoms with Gasteiger partial charge in [0.05, 0.1) is 6.54 Å². The molecule has 1 fully saturated rings. The van der Waals surface area contributed by atoms with Crippen molar-refractivity contribution < 1.29 is 22.0 Å². The third kappa shape index (κ3) is 4.62. The summed E-state index contributed by atoms with van der Waals surface area (Å²) in [4.78, 5) is 11.9. The Balaban J connectivity index is 1.34. The van der Waals surface area contributed by atoms with Crippen LogP contribution in [0.5, 0.6) is 0 Å². The van der Waals surface area contributed by atoms with Crippen molar-refractivity contribution >= 4 is 15.9 Å². The van der Waals surface area contributed by atoms with Gasteiger partial charge in [0.1, 0.15) is 22.4 Å². The number of amides is 1. The molecule has 0 bridgehead atoms. The molecule has 0 aliphatic carbocycles. The number of piperidine rings is 1. The van der Waals surface area contributed by atoms with Crippen LogP contribution in [-0.2, 0) is 34.3 Å². The molecule has 0 unspecified atom stereocenters. The Morgan fingerprint density at radius 1 is 1.10 bits per heavy atom. The number of sulfonamides is 1. The Kier molecular flexibility index (Phi) is 6.33. The Labute approximate surface area is 179 Å². The minimum Gasteiger partial charge on any atom is -0.349 e. The minimum atomic E-state index is -4.16. The average molecular weight is 454 g/mol. The zero-order valence-corrected chi connectivity index (χ0v) is 17.9. The van der Waals surface area contributed by atoms with Crippen LogP contribution in [0.4, 0.5) is 8.78 Å².